The topological polar surface area (TPSA) is 12.0 Å². The van der Waals surface area contributed by atoms with Crippen molar-refractivity contribution in [2.75, 3.05) is 5.32 Å². The summed E-state index contributed by atoms with van der Waals surface area (Å²) >= 11 is 7.50. The van der Waals surface area contributed by atoms with E-state index >= 15 is 0 Å². The molecule has 1 aromatic carbocycles. The number of rotatable bonds is 4. The molecule has 0 amide bonds. The third-order valence-corrected chi connectivity index (χ3v) is 3.97. The van der Waals surface area contributed by atoms with Crippen LogP contribution in [0.2, 0.25) is 5.02 Å². The van der Waals surface area contributed by atoms with Crippen molar-refractivity contribution in [3.63, 3.8) is 0 Å². The molecule has 1 nitrogen and oxygen atoms in total. The Morgan fingerprint density at radius 2 is 2.00 bits per heavy atom. The highest BCUT2D eigenvalue weighted by Gasteiger charge is 2.02. The van der Waals surface area contributed by atoms with Crippen LogP contribution in [0.15, 0.2) is 30.3 Å². The van der Waals surface area contributed by atoms with E-state index in [1.54, 1.807) is 23.5 Å². The second-order valence-electron chi connectivity index (χ2n) is 3.70. The zero-order valence-corrected chi connectivity index (χ0v) is 11.0. The molecular weight excluding hydrogens is 257 g/mol. The molecule has 2 aromatic rings. The van der Waals surface area contributed by atoms with Gasteiger partial charge in [-0.2, -0.15) is 0 Å². The number of benzene rings is 1. The van der Waals surface area contributed by atoms with Gasteiger partial charge >= 0.3 is 0 Å². The van der Waals surface area contributed by atoms with Crippen molar-refractivity contribution in [1.29, 1.82) is 0 Å². The first-order valence-corrected chi connectivity index (χ1v) is 6.65. The Balaban J connectivity index is 1.99. The standard InChI is InChI=1S/C13H13ClFNS/c1-2-10-4-5-11(17-10)8-16-9-3-6-13(15)12(14)7-9/h3-7,16H,2,8H2,1H3. The molecule has 0 spiro atoms. The van der Waals surface area contributed by atoms with E-state index in [-0.39, 0.29) is 10.8 Å². The van der Waals surface area contributed by atoms with Crippen LogP contribution in [0.4, 0.5) is 10.1 Å². The lowest BCUT2D eigenvalue weighted by atomic mass is 10.3. The molecule has 0 aliphatic heterocycles. The van der Waals surface area contributed by atoms with Crippen LogP contribution in [0.3, 0.4) is 0 Å². The third-order valence-electron chi connectivity index (χ3n) is 2.45. The molecule has 90 valence electrons. The van der Waals surface area contributed by atoms with E-state index in [4.69, 9.17) is 11.6 Å². The Morgan fingerprint density at radius 1 is 1.24 bits per heavy atom. The second kappa shape index (κ2) is 5.52. The van der Waals surface area contributed by atoms with Gasteiger partial charge in [0.15, 0.2) is 0 Å². The van der Waals surface area contributed by atoms with E-state index in [2.05, 4.69) is 24.4 Å². The Labute approximate surface area is 109 Å². The average molecular weight is 270 g/mol. The molecule has 0 aliphatic carbocycles. The minimum Gasteiger partial charge on any atom is -0.380 e. The molecule has 0 aliphatic rings. The van der Waals surface area contributed by atoms with E-state index in [1.807, 2.05) is 0 Å². The van der Waals surface area contributed by atoms with Crippen molar-refractivity contribution < 1.29 is 4.39 Å². The second-order valence-corrected chi connectivity index (χ2v) is 5.36. The summed E-state index contributed by atoms with van der Waals surface area (Å²) < 4.78 is 13.0. The first kappa shape index (κ1) is 12.4. The molecule has 0 bridgehead atoms. The van der Waals surface area contributed by atoms with E-state index in [0.29, 0.717) is 0 Å². The number of hydrogen-bond acceptors (Lipinski definition) is 2. The molecule has 0 radical (unpaired) electrons. The van der Waals surface area contributed by atoms with Crippen molar-refractivity contribution >= 4 is 28.6 Å². The largest absolute Gasteiger partial charge is 0.380 e. The summed E-state index contributed by atoms with van der Waals surface area (Å²) in [4.78, 5) is 2.64. The fraction of sp³-hybridized carbons (Fsp3) is 0.231. The summed E-state index contributed by atoms with van der Waals surface area (Å²) in [5, 5.41) is 3.37. The highest BCUT2D eigenvalue weighted by molar-refractivity contribution is 7.12. The van der Waals surface area contributed by atoms with Crippen molar-refractivity contribution in [3.8, 4) is 0 Å². The Morgan fingerprint density at radius 3 is 2.65 bits per heavy atom. The lowest BCUT2D eigenvalue weighted by Gasteiger charge is -2.05. The van der Waals surface area contributed by atoms with E-state index in [9.17, 15) is 4.39 Å². The summed E-state index contributed by atoms with van der Waals surface area (Å²) in [6, 6.07) is 8.91. The highest BCUT2D eigenvalue weighted by Crippen LogP contribution is 2.22. The summed E-state index contributed by atoms with van der Waals surface area (Å²) in [6.07, 6.45) is 1.06. The van der Waals surface area contributed by atoms with Gasteiger partial charge < -0.3 is 5.32 Å². The average Bonchev–Trinajstić information content (AvgIpc) is 2.79. The molecule has 17 heavy (non-hydrogen) atoms. The number of thiophene rings is 1. The molecule has 1 heterocycles. The van der Waals surface area contributed by atoms with Gasteiger partial charge in [0.25, 0.3) is 0 Å². The van der Waals surface area contributed by atoms with Gasteiger partial charge in [-0.3, -0.25) is 0 Å². The smallest absolute Gasteiger partial charge is 0.141 e. The van der Waals surface area contributed by atoms with Gasteiger partial charge in [0.05, 0.1) is 5.02 Å². The van der Waals surface area contributed by atoms with Gasteiger partial charge in [-0.05, 0) is 36.8 Å². The van der Waals surface area contributed by atoms with Gasteiger partial charge in [0, 0.05) is 22.0 Å². The Hall–Kier alpha value is -1.06. The molecule has 0 unspecified atom stereocenters. The maximum absolute atomic E-state index is 13.0. The van der Waals surface area contributed by atoms with E-state index in [1.165, 1.54) is 15.8 Å². The summed E-state index contributed by atoms with van der Waals surface area (Å²) in [7, 11) is 0. The van der Waals surface area contributed by atoms with E-state index < -0.39 is 0 Å². The first-order chi connectivity index (χ1) is 8.19. The Bertz CT molecular complexity index is 510. The molecule has 0 atom stereocenters. The molecule has 2 rings (SSSR count). The molecule has 0 saturated carbocycles. The summed E-state index contributed by atoms with van der Waals surface area (Å²) in [5.74, 6) is -0.387. The van der Waals surface area contributed by atoms with Crippen molar-refractivity contribution in [2.45, 2.75) is 19.9 Å². The predicted molar refractivity (Wildman–Crippen MR) is 72.4 cm³/mol. The molecule has 4 heteroatoms. The number of hydrogen-bond donors (Lipinski definition) is 1. The van der Waals surface area contributed by atoms with Crippen molar-refractivity contribution in [2.24, 2.45) is 0 Å². The quantitative estimate of drug-likeness (QED) is 0.847. The minimum atomic E-state index is -0.387. The van der Waals surface area contributed by atoms with Crippen LogP contribution in [0.25, 0.3) is 0 Å². The molecule has 0 saturated heterocycles. The van der Waals surface area contributed by atoms with Crippen LogP contribution < -0.4 is 5.32 Å². The van der Waals surface area contributed by atoms with Gasteiger partial charge in [-0.15, -0.1) is 11.3 Å². The van der Waals surface area contributed by atoms with Gasteiger partial charge in [-0.25, -0.2) is 4.39 Å². The number of nitrogens with one attached hydrogen (secondary N) is 1. The normalized spacial score (nSPS) is 10.5. The SMILES string of the molecule is CCc1ccc(CNc2ccc(F)c(Cl)c2)s1. The lowest BCUT2D eigenvalue weighted by molar-refractivity contribution is 0.628. The van der Waals surface area contributed by atoms with Gasteiger partial charge in [-0.1, -0.05) is 18.5 Å². The summed E-state index contributed by atoms with van der Waals surface area (Å²) in [5.41, 5.74) is 0.836. The van der Waals surface area contributed by atoms with Crippen LogP contribution in [0, 0.1) is 5.82 Å². The number of halogens is 2. The summed E-state index contributed by atoms with van der Waals surface area (Å²) in [6.45, 7) is 2.88. The zero-order valence-electron chi connectivity index (χ0n) is 9.47. The number of aryl methyl sites for hydroxylation is 1. The van der Waals surface area contributed by atoms with Crippen LogP contribution in [0.1, 0.15) is 16.7 Å². The van der Waals surface area contributed by atoms with Crippen LogP contribution in [0.5, 0.6) is 0 Å². The fourth-order valence-electron chi connectivity index (χ4n) is 1.50. The highest BCUT2D eigenvalue weighted by atomic mass is 35.5. The Kier molecular flexibility index (Phi) is 4.02. The first-order valence-electron chi connectivity index (χ1n) is 5.45. The molecule has 1 aromatic heterocycles. The van der Waals surface area contributed by atoms with Gasteiger partial charge in [0.1, 0.15) is 5.82 Å². The minimum absolute atomic E-state index is 0.149. The van der Waals surface area contributed by atoms with Crippen molar-refractivity contribution in [1.82, 2.24) is 0 Å². The van der Waals surface area contributed by atoms with Crippen LogP contribution in [-0.2, 0) is 13.0 Å². The maximum Gasteiger partial charge on any atom is 0.141 e. The molecule has 0 fully saturated rings. The zero-order chi connectivity index (χ0) is 12.3. The van der Waals surface area contributed by atoms with Crippen LogP contribution in [-0.4, -0.2) is 0 Å². The van der Waals surface area contributed by atoms with Crippen LogP contribution >= 0.6 is 22.9 Å². The lowest BCUT2D eigenvalue weighted by Crippen LogP contribution is -1.97. The molecule has 1 N–H and O–H groups in total. The van der Waals surface area contributed by atoms with Gasteiger partial charge in [0.2, 0.25) is 0 Å². The monoisotopic (exact) mass is 269 g/mol. The fourth-order valence-corrected chi connectivity index (χ4v) is 2.58. The van der Waals surface area contributed by atoms with E-state index in [0.717, 1.165) is 18.7 Å². The maximum atomic E-state index is 13.0. The molecular formula is C13H13ClFNS. The third kappa shape index (κ3) is 3.20. The number of anilines is 1. The van der Waals surface area contributed by atoms with Crippen molar-refractivity contribution in [3.05, 3.63) is 50.9 Å². The predicted octanol–water partition coefficient (Wildman–Crippen LogP) is 4.72.